The SMILES string of the molecule is CNC.NN/C=C(\N)COc1ccc(C2COc3c(C=O)cc(C(=O)NC4C5CC(O)CC54)cc32)cc1. The van der Waals surface area contributed by atoms with Crippen molar-refractivity contribution in [3.05, 3.63) is 70.5 Å². The number of aliphatic hydroxyl groups is 1. The molecule has 8 N–H and O–H groups in total. The highest BCUT2D eigenvalue weighted by Gasteiger charge is 2.56. The zero-order chi connectivity index (χ0) is 26.5. The highest BCUT2D eigenvalue weighted by atomic mass is 16.5. The van der Waals surface area contributed by atoms with E-state index in [0.717, 1.165) is 30.3 Å². The molecule has 3 atom stereocenters. The van der Waals surface area contributed by atoms with Gasteiger partial charge in [0.15, 0.2) is 6.29 Å². The Labute approximate surface area is 216 Å². The zero-order valence-electron chi connectivity index (χ0n) is 21.1. The second kappa shape index (κ2) is 11.6. The summed E-state index contributed by atoms with van der Waals surface area (Å²) in [6, 6.07) is 11.1. The van der Waals surface area contributed by atoms with E-state index in [1.54, 1.807) is 6.07 Å². The summed E-state index contributed by atoms with van der Waals surface area (Å²) in [5, 5.41) is 15.5. The van der Waals surface area contributed by atoms with Gasteiger partial charge in [-0.3, -0.25) is 15.4 Å². The number of nitrogens with two attached hydrogens (primary N) is 2. The Balaban J connectivity index is 0.00000102. The molecule has 37 heavy (non-hydrogen) atoms. The highest BCUT2D eigenvalue weighted by molar-refractivity contribution is 5.97. The van der Waals surface area contributed by atoms with E-state index in [1.807, 2.05) is 44.4 Å². The van der Waals surface area contributed by atoms with Crippen LogP contribution < -0.4 is 37.1 Å². The van der Waals surface area contributed by atoms with Gasteiger partial charge in [0.2, 0.25) is 0 Å². The van der Waals surface area contributed by atoms with Gasteiger partial charge in [0.25, 0.3) is 5.91 Å². The first-order chi connectivity index (χ1) is 17.9. The monoisotopic (exact) mass is 509 g/mol. The molecule has 3 unspecified atom stereocenters. The maximum Gasteiger partial charge on any atom is 0.251 e. The first kappa shape index (κ1) is 26.5. The fourth-order valence-corrected chi connectivity index (χ4v) is 5.22. The molecule has 2 fully saturated rings. The van der Waals surface area contributed by atoms with Gasteiger partial charge in [-0.2, -0.15) is 0 Å². The first-order valence-electron chi connectivity index (χ1n) is 12.4. The molecule has 0 aromatic heterocycles. The van der Waals surface area contributed by atoms with E-state index in [0.29, 0.717) is 46.8 Å². The molecule has 2 aromatic carbocycles. The number of hydrogen-bond acceptors (Lipinski definition) is 9. The molecule has 1 aliphatic heterocycles. The maximum atomic E-state index is 13.0. The summed E-state index contributed by atoms with van der Waals surface area (Å²) in [7, 11) is 3.75. The van der Waals surface area contributed by atoms with E-state index in [9.17, 15) is 14.7 Å². The van der Waals surface area contributed by atoms with Crippen LogP contribution in [-0.4, -0.2) is 56.8 Å². The molecule has 0 saturated heterocycles. The molecule has 10 heteroatoms. The summed E-state index contributed by atoms with van der Waals surface area (Å²) in [5.41, 5.74) is 11.2. The molecule has 3 aliphatic rings. The fraction of sp³-hybridized carbons (Fsp3) is 0.407. The molecular weight excluding hydrogens is 474 g/mol. The third-order valence-electron chi connectivity index (χ3n) is 6.98. The fourth-order valence-electron chi connectivity index (χ4n) is 5.22. The third kappa shape index (κ3) is 5.87. The van der Waals surface area contributed by atoms with Crippen molar-refractivity contribution in [2.75, 3.05) is 27.3 Å². The lowest BCUT2D eigenvalue weighted by Crippen LogP contribution is -2.30. The van der Waals surface area contributed by atoms with E-state index in [4.69, 9.17) is 21.1 Å². The molecule has 2 aromatic rings. The number of hydrazine groups is 1. The minimum Gasteiger partial charge on any atom is -0.492 e. The smallest absolute Gasteiger partial charge is 0.251 e. The molecular formula is C27H35N5O5. The lowest BCUT2D eigenvalue weighted by atomic mass is 9.90. The second-order valence-electron chi connectivity index (χ2n) is 9.66. The van der Waals surface area contributed by atoms with Crippen molar-refractivity contribution >= 4 is 12.2 Å². The number of carbonyl (C=O) groups is 2. The first-order valence-corrected chi connectivity index (χ1v) is 12.4. The third-order valence-corrected chi connectivity index (χ3v) is 6.98. The van der Waals surface area contributed by atoms with E-state index in [-0.39, 0.29) is 30.6 Å². The van der Waals surface area contributed by atoms with Crippen LogP contribution in [0.15, 0.2) is 48.3 Å². The van der Waals surface area contributed by atoms with Crippen LogP contribution in [0.5, 0.6) is 11.5 Å². The Morgan fingerprint density at radius 2 is 1.86 bits per heavy atom. The van der Waals surface area contributed by atoms with Gasteiger partial charge < -0.3 is 36.4 Å². The van der Waals surface area contributed by atoms with Crippen LogP contribution in [-0.2, 0) is 0 Å². The number of ether oxygens (including phenoxy) is 2. The number of fused-ring (bicyclic) bond motifs is 2. The van der Waals surface area contributed by atoms with Crippen molar-refractivity contribution in [1.82, 2.24) is 16.1 Å². The number of rotatable bonds is 8. The summed E-state index contributed by atoms with van der Waals surface area (Å²) >= 11 is 0. The molecule has 198 valence electrons. The largest absolute Gasteiger partial charge is 0.492 e. The number of benzene rings is 2. The summed E-state index contributed by atoms with van der Waals surface area (Å²) in [4.78, 5) is 24.7. The van der Waals surface area contributed by atoms with Crippen molar-refractivity contribution in [2.45, 2.75) is 30.9 Å². The lowest BCUT2D eigenvalue weighted by Gasteiger charge is -2.14. The average Bonchev–Trinajstić information content (AvgIpc) is 3.21. The Morgan fingerprint density at radius 3 is 2.49 bits per heavy atom. The lowest BCUT2D eigenvalue weighted by molar-refractivity contribution is 0.0937. The molecule has 0 spiro atoms. The summed E-state index contributed by atoms with van der Waals surface area (Å²) in [5.74, 6) is 6.77. The quantitative estimate of drug-likeness (QED) is 0.173. The van der Waals surface area contributed by atoms with E-state index < -0.39 is 0 Å². The number of nitrogens with one attached hydrogen (secondary N) is 3. The van der Waals surface area contributed by atoms with Crippen LogP contribution in [0.3, 0.4) is 0 Å². The standard InChI is InChI=1S/C25H28N4O5.C2H7N/c26-16(9-28-27)11-33-18-3-1-13(2-4-18)22-12-34-24-15(10-30)5-14(6-21(22)24)25(32)29-23-19-7-17(31)8-20(19)23;1-3-2/h1-6,9-10,17,19-20,22-23,28,31H,7-8,11-12,26-27H2,(H,29,32);3H,1-2H3/b16-9-;. The molecule has 0 bridgehead atoms. The summed E-state index contributed by atoms with van der Waals surface area (Å²) < 4.78 is 11.5. The van der Waals surface area contributed by atoms with Gasteiger partial charge in [-0.1, -0.05) is 12.1 Å². The number of amides is 1. The molecule has 10 nitrogen and oxygen atoms in total. The Hall–Kier alpha value is -3.60. The highest BCUT2D eigenvalue weighted by Crippen LogP contribution is 2.52. The van der Waals surface area contributed by atoms with Gasteiger partial charge in [-0.05, 0) is 68.6 Å². The predicted octanol–water partition coefficient (Wildman–Crippen LogP) is 1.00. The number of hydrogen-bond donors (Lipinski definition) is 6. The number of aldehydes is 1. The van der Waals surface area contributed by atoms with Gasteiger partial charge >= 0.3 is 0 Å². The van der Waals surface area contributed by atoms with Crippen molar-refractivity contribution in [2.24, 2.45) is 23.4 Å². The van der Waals surface area contributed by atoms with Crippen molar-refractivity contribution < 1.29 is 24.2 Å². The summed E-state index contributed by atoms with van der Waals surface area (Å²) in [6.07, 6.45) is 3.41. The average molecular weight is 510 g/mol. The molecule has 1 heterocycles. The minimum absolute atomic E-state index is 0.105. The van der Waals surface area contributed by atoms with Crippen LogP contribution in [0.1, 0.15) is 50.6 Å². The molecule has 1 amide bonds. The van der Waals surface area contributed by atoms with Crippen LogP contribution in [0.4, 0.5) is 0 Å². The number of carbonyl (C=O) groups excluding carboxylic acids is 2. The maximum absolute atomic E-state index is 13.0. The predicted molar refractivity (Wildman–Crippen MR) is 139 cm³/mol. The van der Waals surface area contributed by atoms with Gasteiger partial charge in [0.05, 0.1) is 24.0 Å². The molecule has 2 aliphatic carbocycles. The van der Waals surface area contributed by atoms with Gasteiger partial charge in [0.1, 0.15) is 18.1 Å². The second-order valence-corrected chi connectivity index (χ2v) is 9.66. The van der Waals surface area contributed by atoms with Crippen LogP contribution in [0.2, 0.25) is 0 Å². The van der Waals surface area contributed by atoms with Gasteiger partial charge in [-0.15, -0.1) is 0 Å². The van der Waals surface area contributed by atoms with E-state index in [2.05, 4.69) is 16.1 Å². The van der Waals surface area contributed by atoms with E-state index >= 15 is 0 Å². The van der Waals surface area contributed by atoms with Crippen molar-refractivity contribution in [3.8, 4) is 11.5 Å². The van der Waals surface area contributed by atoms with Gasteiger partial charge in [-0.25, -0.2) is 0 Å². The van der Waals surface area contributed by atoms with Gasteiger partial charge in [0, 0.05) is 29.3 Å². The minimum atomic E-state index is -0.253. The molecule has 0 radical (unpaired) electrons. The van der Waals surface area contributed by atoms with E-state index in [1.165, 1.54) is 6.20 Å². The van der Waals surface area contributed by atoms with Crippen molar-refractivity contribution in [1.29, 1.82) is 0 Å². The zero-order valence-corrected chi connectivity index (χ0v) is 21.1. The Morgan fingerprint density at radius 1 is 1.19 bits per heavy atom. The number of aliphatic hydroxyl groups excluding tert-OH is 1. The topological polar surface area (TPSA) is 161 Å². The van der Waals surface area contributed by atoms with Crippen LogP contribution >= 0.6 is 0 Å². The Kier molecular flexibility index (Phi) is 8.32. The summed E-state index contributed by atoms with van der Waals surface area (Å²) in [6.45, 7) is 0.575. The Bertz CT molecular complexity index is 1140. The molecule has 5 rings (SSSR count). The normalized spacial score (nSPS) is 25.1. The van der Waals surface area contributed by atoms with Crippen LogP contribution in [0.25, 0.3) is 0 Å². The van der Waals surface area contributed by atoms with Crippen LogP contribution in [0, 0.1) is 11.8 Å². The molecule has 2 saturated carbocycles. The van der Waals surface area contributed by atoms with Crippen molar-refractivity contribution in [3.63, 3.8) is 0 Å².